The number of methoxy groups -OCH3 is 1. The number of rotatable bonds is 5. The number of ether oxygens (including phenoxy) is 1. The molecule has 0 aliphatic carbocycles. The van der Waals surface area contributed by atoms with E-state index in [0.717, 1.165) is 33.5 Å². The molecule has 2 aromatic heterocycles. The van der Waals surface area contributed by atoms with E-state index in [2.05, 4.69) is 20.7 Å². The van der Waals surface area contributed by atoms with Crippen molar-refractivity contribution in [2.45, 2.75) is 13.8 Å². The van der Waals surface area contributed by atoms with Crippen molar-refractivity contribution >= 4 is 44.8 Å². The summed E-state index contributed by atoms with van der Waals surface area (Å²) in [5.41, 5.74) is 3.64. The molecule has 0 radical (unpaired) electrons. The van der Waals surface area contributed by atoms with Crippen LogP contribution in [0.3, 0.4) is 0 Å². The number of nitrogens with zero attached hydrogens (tertiary/aromatic N) is 3. The molecule has 0 bridgehead atoms. The van der Waals surface area contributed by atoms with E-state index in [1.807, 2.05) is 62.0 Å². The molecule has 0 aliphatic heterocycles. The minimum Gasteiger partial charge on any atom is -0.496 e. The van der Waals surface area contributed by atoms with Gasteiger partial charge in [0.05, 0.1) is 24.5 Å². The van der Waals surface area contributed by atoms with Crippen molar-refractivity contribution in [3.8, 4) is 5.75 Å². The van der Waals surface area contributed by atoms with Crippen molar-refractivity contribution in [2.24, 2.45) is 7.05 Å². The number of hydrogen-bond acceptors (Lipinski definition) is 6. The number of nitrogens with one attached hydrogen (secondary N) is 2. The zero-order valence-electron chi connectivity index (χ0n) is 16.6. The van der Waals surface area contributed by atoms with Gasteiger partial charge >= 0.3 is 0 Å². The number of aryl methyl sites for hydroxylation is 2. The fraction of sp³-hybridized carbons (Fsp3) is 0.190. The second-order valence-electron chi connectivity index (χ2n) is 6.68. The lowest BCUT2D eigenvalue weighted by molar-refractivity contribution is 0.103. The van der Waals surface area contributed by atoms with Gasteiger partial charge in [-0.2, -0.15) is 5.10 Å². The molecule has 0 saturated heterocycles. The molecule has 29 heavy (non-hydrogen) atoms. The van der Waals surface area contributed by atoms with Crippen LogP contribution in [-0.2, 0) is 7.05 Å². The van der Waals surface area contributed by atoms with E-state index in [0.29, 0.717) is 15.8 Å². The number of para-hydroxylation sites is 1. The minimum absolute atomic E-state index is 0.208. The van der Waals surface area contributed by atoms with Gasteiger partial charge in [0.15, 0.2) is 10.9 Å². The summed E-state index contributed by atoms with van der Waals surface area (Å²) in [5.74, 6) is 1.24. The molecule has 4 rings (SSSR count). The number of carbonyl (C=O) groups excluding carboxylic acids is 1. The maximum absolute atomic E-state index is 12.8. The number of aromatic nitrogens is 3. The number of benzene rings is 2. The van der Waals surface area contributed by atoms with Crippen LogP contribution in [0.1, 0.15) is 20.8 Å². The molecule has 148 valence electrons. The molecule has 0 spiro atoms. The molecule has 2 heterocycles. The summed E-state index contributed by atoms with van der Waals surface area (Å²) in [6.07, 6.45) is 1.57. The van der Waals surface area contributed by atoms with Gasteiger partial charge in [-0.1, -0.05) is 29.5 Å². The van der Waals surface area contributed by atoms with Crippen LogP contribution in [0.15, 0.2) is 42.6 Å². The fourth-order valence-electron chi connectivity index (χ4n) is 3.26. The third-order valence-corrected chi connectivity index (χ3v) is 5.71. The van der Waals surface area contributed by atoms with Gasteiger partial charge in [0, 0.05) is 18.0 Å². The highest BCUT2D eigenvalue weighted by molar-refractivity contribution is 7.17. The molecule has 1 amide bonds. The quantitative estimate of drug-likeness (QED) is 0.503. The SMILES string of the molecule is COc1ccc(C)c(NC(=O)c2cnc(Nc3nn(C)c4ccccc34)s2)c1C. The summed E-state index contributed by atoms with van der Waals surface area (Å²) >= 11 is 1.28. The molecule has 2 aromatic carbocycles. The number of carbonyl (C=O) groups is 1. The lowest BCUT2D eigenvalue weighted by atomic mass is 10.1. The van der Waals surface area contributed by atoms with Gasteiger partial charge < -0.3 is 15.4 Å². The Balaban J connectivity index is 1.56. The van der Waals surface area contributed by atoms with E-state index < -0.39 is 0 Å². The van der Waals surface area contributed by atoms with Crippen molar-refractivity contribution in [2.75, 3.05) is 17.7 Å². The zero-order valence-corrected chi connectivity index (χ0v) is 17.4. The highest BCUT2D eigenvalue weighted by atomic mass is 32.1. The first-order valence-electron chi connectivity index (χ1n) is 9.08. The molecule has 0 aliphatic rings. The Morgan fingerprint density at radius 1 is 1.17 bits per heavy atom. The summed E-state index contributed by atoms with van der Waals surface area (Å²) in [5, 5.41) is 12.3. The second kappa shape index (κ2) is 7.56. The third kappa shape index (κ3) is 3.54. The van der Waals surface area contributed by atoms with E-state index in [1.54, 1.807) is 13.3 Å². The summed E-state index contributed by atoms with van der Waals surface area (Å²) in [7, 11) is 3.51. The molecule has 0 atom stereocenters. The van der Waals surface area contributed by atoms with Gasteiger partial charge in [-0.05, 0) is 37.6 Å². The largest absolute Gasteiger partial charge is 0.496 e. The van der Waals surface area contributed by atoms with Gasteiger partial charge in [-0.15, -0.1) is 0 Å². The number of fused-ring (bicyclic) bond motifs is 1. The molecule has 8 heteroatoms. The van der Waals surface area contributed by atoms with E-state index in [9.17, 15) is 4.79 Å². The molecular formula is C21H21N5O2S. The third-order valence-electron chi connectivity index (χ3n) is 4.79. The minimum atomic E-state index is -0.208. The lowest BCUT2D eigenvalue weighted by Gasteiger charge is -2.14. The molecule has 0 saturated carbocycles. The van der Waals surface area contributed by atoms with Gasteiger partial charge in [-0.3, -0.25) is 9.48 Å². The highest BCUT2D eigenvalue weighted by Gasteiger charge is 2.16. The van der Waals surface area contributed by atoms with Crippen molar-refractivity contribution in [1.82, 2.24) is 14.8 Å². The predicted octanol–water partition coefficient (Wildman–Crippen LogP) is 4.65. The second-order valence-corrected chi connectivity index (χ2v) is 7.71. The van der Waals surface area contributed by atoms with Crippen molar-refractivity contribution in [3.63, 3.8) is 0 Å². The Bertz CT molecular complexity index is 1210. The average Bonchev–Trinajstić information content (AvgIpc) is 3.31. The fourth-order valence-corrected chi connectivity index (χ4v) is 3.97. The topological polar surface area (TPSA) is 81.1 Å². The van der Waals surface area contributed by atoms with Gasteiger partial charge in [-0.25, -0.2) is 4.98 Å². The summed E-state index contributed by atoms with van der Waals surface area (Å²) in [4.78, 5) is 17.6. The van der Waals surface area contributed by atoms with Crippen LogP contribution in [0.25, 0.3) is 10.9 Å². The van der Waals surface area contributed by atoms with E-state index in [-0.39, 0.29) is 5.91 Å². The smallest absolute Gasteiger partial charge is 0.267 e. The predicted molar refractivity (Wildman–Crippen MR) is 117 cm³/mol. The van der Waals surface area contributed by atoms with Crippen LogP contribution in [0, 0.1) is 13.8 Å². The van der Waals surface area contributed by atoms with E-state index in [1.165, 1.54) is 11.3 Å². The van der Waals surface area contributed by atoms with Gasteiger partial charge in [0.25, 0.3) is 5.91 Å². The first-order valence-corrected chi connectivity index (χ1v) is 9.89. The Morgan fingerprint density at radius 2 is 1.97 bits per heavy atom. The number of anilines is 3. The Morgan fingerprint density at radius 3 is 2.76 bits per heavy atom. The Labute approximate surface area is 172 Å². The Hall–Kier alpha value is -3.39. The van der Waals surface area contributed by atoms with Crippen LogP contribution in [0.2, 0.25) is 0 Å². The van der Waals surface area contributed by atoms with Crippen molar-refractivity contribution in [1.29, 1.82) is 0 Å². The monoisotopic (exact) mass is 407 g/mol. The molecule has 4 aromatic rings. The van der Waals surface area contributed by atoms with Crippen molar-refractivity contribution < 1.29 is 9.53 Å². The first kappa shape index (κ1) is 18.9. The Kier molecular flexibility index (Phi) is 4.94. The maximum atomic E-state index is 12.8. The standard InChI is InChI=1S/C21H21N5O2S/c1-12-9-10-16(28-4)13(2)18(12)23-20(27)17-11-22-21(29-17)24-19-14-7-5-6-8-15(14)26(3)25-19/h5-11H,1-4H3,(H,23,27)(H,22,24,25). The highest BCUT2D eigenvalue weighted by Crippen LogP contribution is 2.31. The maximum Gasteiger partial charge on any atom is 0.267 e. The molecular weight excluding hydrogens is 386 g/mol. The normalized spacial score (nSPS) is 10.9. The average molecular weight is 407 g/mol. The zero-order chi connectivity index (χ0) is 20.5. The van der Waals surface area contributed by atoms with E-state index >= 15 is 0 Å². The van der Waals surface area contributed by atoms with E-state index in [4.69, 9.17) is 4.74 Å². The van der Waals surface area contributed by atoms with Crippen LogP contribution < -0.4 is 15.4 Å². The molecule has 7 nitrogen and oxygen atoms in total. The van der Waals surface area contributed by atoms with Crippen molar-refractivity contribution in [3.05, 3.63) is 58.6 Å². The lowest BCUT2D eigenvalue weighted by Crippen LogP contribution is -2.12. The molecule has 0 fully saturated rings. The van der Waals surface area contributed by atoms with Crippen LogP contribution >= 0.6 is 11.3 Å². The van der Waals surface area contributed by atoms with Crippen LogP contribution in [0.5, 0.6) is 5.75 Å². The number of thiazole rings is 1. The van der Waals surface area contributed by atoms with Gasteiger partial charge in [0.2, 0.25) is 0 Å². The van der Waals surface area contributed by atoms with Crippen LogP contribution in [0.4, 0.5) is 16.6 Å². The number of amides is 1. The summed E-state index contributed by atoms with van der Waals surface area (Å²) in [6.45, 7) is 3.88. The molecule has 0 unspecified atom stereocenters. The first-order chi connectivity index (χ1) is 14.0. The van der Waals surface area contributed by atoms with Crippen LogP contribution in [-0.4, -0.2) is 27.8 Å². The number of hydrogen-bond donors (Lipinski definition) is 2. The summed E-state index contributed by atoms with van der Waals surface area (Å²) in [6, 6.07) is 11.8. The molecule has 2 N–H and O–H groups in total. The summed E-state index contributed by atoms with van der Waals surface area (Å²) < 4.78 is 7.17. The van der Waals surface area contributed by atoms with Gasteiger partial charge in [0.1, 0.15) is 10.6 Å².